The van der Waals surface area contributed by atoms with Crippen LogP contribution in [0.3, 0.4) is 0 Å². The summed E-state index contributed by atoms with van der Waals surface area (Å²) in [5, 5.41) is 0. The molecular formula is C7H7ClF2N2. The molecule has 1 rings (SSSR count). The number of nitrogens with zero attached hydrogens (tertiary/aromatic N) is 1. The Labute approximate surface area is 73.4 Å². The highest BCUT2D eigenvalue weighted by Crippen LogP contribution is 2.19. The Hall–Kier alpha value is -0.900. The molecule has 1 aromatic heterocycles. The third-order valence-corrected chi connectivity index (χ3v) is 1.55. The van der Waals surface area contributed by atoms with Gasteiger partial charge < -0.3 is 5.73 Å². The Morgan fingerprint density at radius 1 is 1.50 bits per heavy atom. The van der Waals surface area contributed by atoms with Crippen LogP contribution in [0.15, 0.2) is 12.1 Å². The maximum atomic E-state index is 12.1. The van der Waals surface area contributed by atoms with Crippen LogP contribution in [0.25, 0.3) is 0 Å². The minimum absolute atomic E-state index is 0.0881. The summed E-state index contributed by atoms with van der Waals surface area (Å²) in [6.07, 6.45) is -2.60. The molecule has 0 aliphatic heterocycles. The SMILES string of the molecule is Nc1cc(CCl)nc(C(F)F)c1. The molecule has 0 aromatic carbocycles. The Morgan fingerprint density at radius 2 is 2.17 bits per heavy atom. The van der Waals surface area contributed by atoms with E-state index in [0.29, 0.717) is 5.69 Å². The molecule has 0 atom stereocenters. The molecule has 2 nitrogen and oxygen atoms in total. The number of aromatic nitrogens is 1. The first-order valence-electron chi connectivity index (χ1n) is 3.24. The number of halogens is 3. The van der Waals surface area contributed by atoms with Crippen molar-refractivity contribution in [2.45, 2.75) is 12.3 Å². The first kappa shape index (κ1) is 9.19. The minimum atomic E-state index is -2.60. The van der Waals surface area contributed by atoms with Gasteiger partial charge in [-0.25, -0.2) is 8.78 Å². The van der Waals surface area contributed by atoms with Crippen LogP contribution in [0.1, 0.15) is 17.8 Å². The van der Waals surface area contributed by atoms with Crippen LogP contribution in [-0.4, -0.2) is 4.98 Å². The zero-order valence-corrected chi connectivity index (χ0v) is 6.85. The van der Waals surface area contributed by atoms with Crippen LogP contribution in [0.4, 0.5) is 14.5 Å². The van der Waals surface area contributed by atoms with Crippen LogP contribution >= 0.6 is 11.6 Å². The van der Waals surface area contributed by atoms with Crippen LogP contribution in [-0.2, 0) is 5.88 Å². The number of nitrogens with two attached hydrogens (primary N) is 1. The zero-order valence-electron chi connectivity index (χ0n) is 6.10. The van der Waals surface area contributed by atoms with Gasteiger partial charge in [-0.2, -0.15) is 0 Å². The van der Waals surface area contributed by atoms with Gasteiger partial charge in [0.25, 0.3) is 6.43 Å². The van der Waals surface area contributed by atoms with Crippen molar-refractivity contribution < 1.29 is 8.78 Å². The Balaban J connectivity index is 3.06. The van der Waals surface area contributed by atoms with Gasteiger partial charge in [-0.3, -0.25) is 4.98 Å². The van der Waals surface area contributed by atoms with Crippen LogP contribution in [0.5, 0.6) is 0 Å². The number of pyridine rings is 1. The highest BCUT2D eigenvalue weighted by atomic mass is 35.5. The molecule has 1 aromatic rings. The summed E-state index contributed by atoms with van der Waals surface area (Å²) in [4.78, 5) is 3.59. The molecule has 0 bridgehead atoms. The molecule has 66 valence electrons. The molecule has 12 heavy (non-hydrogen) atoms. The predicted molar refractivity (Wildman–Crippen MR) is 43.2 cm³/mol. The standard InChI is InChI=1S/C7H7ClF2N2/c8-3-5-1-4(11)2-6(12-5)7(9)10/h1-2,7H,3H2,(H2,11,12). The van der Waals surface area contributed by atoms with Crippen molar-refractivity contribution in [3.05, 3.63) is 23.5 Å². The van der Waals surface area contributed by atoms with Gasteiger partial charge >= 0.3 is 0 Å². The van der Waals surface area contributed by atoms with Gasteiger partial charge in [0.2, 0.25) is 0 Å². The smallest absolute Gasteiger partial charge is 0.280 e. The fourth-order valence-electron chi connectivity index (χ4n) is 0.815. The third kappa shape index (κ3) is 2.04. The second-order valence-electron chi connectivity index (χ2n) is 2.25. The number of hydrogen-bond acceptors (Lipinski definition) is 2. The Morgan fingerprint density at radius 3 is 2.67 bits per heavy atom. The fraction of sp³-hybridized carbons (Fsp3) is 0.286. The molecule has 0 unspecified atom stereocenters. The van der Waals surface area contributed by atoms with Gasteiger partial charge in [-0.15, -0.1) is 11.6 Å². The monoisotopic (exact) mass is 192 g/mol. The summed E-state index contributed by atoms with van der Waals surface area (Å²) < 4.78 is 24.2. The molecule has 0 radical (unpaired) electrons. The van der Waals surface area contributed by atoms with Crippen LogP contribution in [0.2, 0.25) is 0 Å². The van der Waals surface area contributed by atoms with Gasteiger partial charge in [0, 0.05) is 5.69 Å². The molecular weight excluding hydrogens is 186 g/mol. The van der Waals surface area contributed by atoms with Crippen LogP contribution in [0, 0.1) is 0 Å². The highest BCUT2D eigenvalue weighted by molar-refractivity contribution is 6.16. The summed E-state index contributed by atoms with van der Waals surface area (Å²) in [6.45, 7) is 0. The van der Waals surface area contributed by atoms with Gasteiger partial charge in [-0.1, -0.05) is 0 Å². The van der Waals surface area contributed by atoms with E-state index in [-0.39, 0.29) is 17.3 Å². The molecule has 0 spiro atoms. The summed E-state index contributed by atoms with van der Waals surface area (Å²) in [5.41, 5.74) is 5.64. The van der Waals surface area contributed by atoms with E-state index in [0.717, 1.165) is 6.07 Å². The van der Waals surface area contributed by atoms with E-state index in [4.69, 9.17) is 17.3 Å². The lowest BCUT2D eigenvalue weighted by molar-refractivity contribution is 0.146. The normalized spacial score (nSPS) is 10.7. The molecule has 0 fully saturated rings. The van der Waals surface area contributed by atoms with E-state index in [2.05, 4.69) is 4.98 Å². The highest BCUT2D eigenvalue weighted by Gasteiger charge is 2.10. The molecule has 0 saturated carbocycles. The quantitative estimate of drug-likeness (QED) is 0.731. The number of hydrogen-bond donors (Lipinski definition) is 1. The number of alkyl halides is 3. The van der Waals surface area contributed by atoms with E-state index < -0.39 is 6.43 Å². The Kier molecular flexibility index (Phi) is 2.81. The number of rotatable bonds is 2. The van der Waals surface area contributed by atoms with E-state index in [9.17, 15) is 8.78 Å². The fourth-order valence-corrected chi connectivity index (χ4v) is 0.952. The molecule has 1 heterocycles. The van der Waals surface area contributed by atoms with Gasteiger partial charge in [0.15, 0.2) is 0 Å². The second-order valence-corrected chi connectivity index (χ2v) is 2.52. The largest absolute Gasteiger partial charge is 0.399 e. The topological polar surface area (TPSA) is 38.9 Å². The van der Waals surface area contributed by atoms with Crippen molar-refractivity contribution in [3.8, 4) is 0 Å². The number of nitrogen functional groups attached to an aromatic ring is 1. The first-order chi connectivity index (χ1) is 5.63. The summed E-state index contributed by atoms with van der Waals surface area (Å²) in [7, 11) is 0. The lowest BCUT2D eigenvalue weighted by Gasteiger charge is -2.02. The van der Waals surface area contributed by atoms with Gasteiger partial charge in [-0.05, 0) is 12.1 Å². The molecule has 0 amide bonds. The van der Waals surface area contributed by atoms with E-state index in [1.807, 2.05) is 0 Å². The van der Waals surface area contributed by atoms with E-state index in [1.165, 1.54) is 6.07 Å². The van der Waals surface area contributed by atoms with Crippen molar-refractivity contribution >= 4 is 17.3 Å². The average molecular weight is 193 g/mol. The van der Waals surface area contributed by atoms with Crippen molar-refractivity contribution in [1.82, 2.24) is 4.98 Å². The number of anilines is 1. The lowest BCUT2D eigenvalue weighted by Crippen LogP contribution is -1.97. The van der Waals surface area contributed by atoms with E-state index in [1.54, 1.807) is 0 Å². The van der Waals surface area contributed by atoms with Crippen molar-refractivity contribution in [3.63, 3.8) is 0 Å². The third-order valence-electron chi connectivity index (χ3n) is 1.28. The predicted octanol–water partition coefficient (Wildman–Crippen LogP) is 2.34. The lowest BCUT2D eigenvalue weighted by atomic mass is 10.3. The minimum Gasteiger partial charge on any atom is -0.399 e. The molecule has 0 aliphatic carbocycles. The van der Waals surface area contributed by atoms with Crippen molar-refractivity contribution in [2.75, 3.05) is 5.73 Å². The van der Waals surface area contributed by atoms with Gasteiger partial charge in [0.1, 0.15) is 5.69 Å². The van der Waals surface area contributed by atoms with Crippen LogP contribution < -0.4 is 5.73 Å². The van der Waals surface area contributed by atoms with E-state index >= 15 is 0 Å². The van der Waals surface area contributed by atoms with Gasteiger partial charge in [0.05, 0.1) is 11.6 Å². The Bertz CT molecular complexity index is 278. The molecule has 2 N–H and O–H groups in total. The zero-order chi connectivity index (χ0) is 9.14. The maximum absolute atomic E-state index is 12.1. The summed E-state index contributed by atoms with van der Waals surface area (Å²) >= 11 is 5.41. The van der Waals surface area contributed by atoms with Crippen molar-refractivity contribution in [2.24, 2.45) is 0 Å². The van der Waals surface area contributed by atoms with Crippen molar-refractivity contribution in [1.29, 1.82) is 0 Å². The first-order valence-corrected chi connectivity index (χ1v) is 3.77. The molecule has 0 saturated heterocycles. The maximum Gasteiger partial charge on any atom is 0.280 e. The molecule has 5 heteroatoms. The summed E-state index contributed by atoms with van der Waals surface area (Å²) in [5.74, 6) is 0.0881. The average Bonchev–Trinajstić information content (AvgIpc) is 2.03. The second kappa shape index (κ2) is 3.67. The molecule has 0 aliphatic rings. The summed E-state index contributed by atoms with van der Waals surface area (Å²) in [6, 6.07) is 2.61.